The van der Waals surface area contributed by atoms with Crippen molar-refractivity contribution in [2.24, 2.45) is 0 Å². The minimum atomic E-state index is 0.528. The van der Waals surface area contributed by atoms with Crippen LogP contribution in [0, 0.1) is 6.92 Å². The average Bonchev–Trinajstić information content (AvgIpc) is 2.37. The predicted molar refractivity (Wildman–Crippen MR) is 89.7 cm³/mol. The Morgan fingerprint density at radius 2 is 1.80 bits per heavy atom. The van der Waals surface area contributed by atoms with Gasteiger partial charge in [0.15, 0.2) is 0 Å². The third-order valence-corrected chi connectivity index (χ3v) is 4.78. The molecule has 104 valence electrons. The lowest BCUT2D eigenvalue weighted by Gasteiger charge is -2.37. The summed E-state index contributed by atoms with van der Waals surface area (Å²) in [6.07, 6.45) is 2.35. The number of rotatable bonds is 3. The van der Waals surface area contributed by atoms with Gasteiger partial charge in [-0.15, -0.1) is 0 Å². The third-order valence-electron chi connectivity index (χ3n) is 3.98. The van der Waals surface area contributed by atoms with Gasteiger partial charge in [0.2, 0.25) is 0 Å². The number of nitrogens with one attached hydrogen (secondary N) is 1. The fraction of sp³-hybridized carbons (Fsp3) is 0.294. The molecule has 1 aliphatic carbocycles. The largest absolute Gasteiger partial charge is 0.381 e. The summed E-state index contributed by atoms with van der Waals surface area (Å²) in [6, 6.07) is 15.4. The highest BCUT2D eigenvalue weighted by Gasteiger charge is 2.30. The van der Waals surface area contributed by atoms with Crippen molar-refractivity contribution in [3.05, 3.63) is 63.1 Å². The molecule has 0 radical (unpaired) electrons. The van der Waals surface area contributed by atoms with Crippen molar-refractivity contribution >= 4 is 33.2 Å². The molecule has 2 aromatic rings. The second kappa shape index (κ2) is 5.79. The van der Waals surface area contributed by atoms with Crippen molar-refractivity contribution in [1.82, 2.24) is 0 Å². The van der Waals surface area contributed by atoms with E-state index in [4.69, 9.17) is 11.6 Å². The van der Waals surface area contributed by atoms with Crippen LogP contribution < -0.4 is 5.32 Å². The van der Waals surface area contributed by atoms with E-state index >= 15 is 0 Å². The molecule has 0 spiro atoms. The van der Waals surface area contributed by atoms with Gasteiger partial charge in [0.1, 0.15) is 0 Å². The van der Waals surface area contributed by atoms with E-state index in [9.17, 15) is 0 Å². The topological polar surface area (TPSA) is 12.0 Å². The minimum Gasteiger partial charge on any atom is -0.381 e. The molecule has 0 aliphatic heterocycles. The van der Waals surface area contributed by atoms with Crippen LogP contribution in [0.2, 0.25) is 5.02 Å². The number of benzene rings is 2. The first-order valence-corrected chi connectivity index (χ1v) is 8.07. The van der Waals surface area contributed by atoms with Gasteiger partial charge >= 0.3 is 0 Å². The van der Waals surface area contributed by atoms with Gasteiger partial charge in [0.25, 0.3) is 0 Å². The molecule has 0 unspecified atom stereocenters. The van der Waals surface area contributed by atoms with E-state index in [0.29, 0.717) is 12.0 Å². The van der Waals surface area contributed by atoms with Crippen molar-refractivity contribution in [3.63, 3.8) is 0 Å². The summed E-state index contributed by atoms with van der Waals surface area (Å²) >= 11 is 9.66. The summed E-state index contributed by atoms with van der Waals surface area (Å²) in [5, 5.41) is 4.31. The van der Waals surface area contributed by atoms with E-state index in [2.05, 4.69) is 52.4 Å². The Bertz CT molecular complexity index is 603. The van der Waals surface area contributed by atoms with E-state index in [1.807, 2.05) is 18.2 Å². The van der Waals surface area contributed by atoms with Crippen molar-refractivity contribution < 1.29 is 0 Å². The van der Waals surface area contributed by atoms with E-state index in [1.165, 1.54) is 24.0 Å². The van der Waals surface area contributed by atoms with E-state index in [0.717, 1.165) is 15.2 Å². The fourth-order valence-electron chi connectivity index (χ4n) is 2.67. The molecule has 3 heteroatoms. The van der Waals surface area contributed by atoms with Crippen LogP contribution in [-0.2, 0) is 0 Å². The van der Waals surface area contributed by atoms with Gasteiger partial charge in [-0.2, -0.15) is 0 Å². The molecule has 0 heterocycles. The maximum absolute atomic E-state index is 6.23. The molecule has 0 amide bonds. The SMILES string of the molecule is Cc1ccc(C2CC(Nc3ccc(Br)cc3Cl)C2)cc1. The number of anilines is 1. The quantitative estimate of drug-likeness (QED) is 0.741. The average molecular weight is 351 g/mol. The Morgan fingerprint density at radius 1 is 1.10 bits per heavy atom. The highest BCUT2D eigenvalue weighted by Crippen LogP contribution is 2.39. The van der Waals surface area contributed by atoms with Gasteiger partial charge in [-0.3, -0.25) is 0 Å². The first-order chi connectivity index (χ1) is 9.61. The standard InChI is InChI=1S/C17H17BrClN/c1-11-2-4-12(5-3-11)13-8-15(9-13)20-17-7-6-14(18)10-16(17)19/h2-7,10,13,15,20H,8-9H2,1H3. The Morgan fingerprint density at radius 3 is 2.45 bits per heavy atom. The number of halogens is 2. The van der Waals surface area contributed by atoms with Crippen molar-refractivity contribution in [1.29, 1.82) is 0 Å². The van der Waals surface area contributed by atoms with Crippen LogP contribution >= 0.6 is 27.5 Å². The van der Waals surface area contributed by atoms with Gasteiger partial charge in [-0.1, -0.05) is 57.4 Å². The second-order valence-corrected chi connectivity index (χ2v) is 6.87. The molecule has 0 aromatic heterocycles. The summed E-state index contributed by atoms with van der Waals surface area (Å²) in [5.74, 6) is 0.683. The molecule has 1 saturated carbocycles. The molecule has 1 nitrogen and oxygen atoms in total. The highest BCUT2D eigenvalue weighted by atomic mass is 79.9. The number of hydrogen-bond donors (Lipinski definition) is 1. The smallest absolute Gasteiger partial charge is 0.0648 e. The lowest BCUT2D eigenvalue weighted by molar-refractivity contribution is 0.374. The second-order valence-electron chi connectivity index (χ2n) is 5.54. The zero-order valence-electron chi connectivity index (χ0n) is 11.4. The molecular weight excluding hydrogens is 334 g/mol. The van der Waals surface area contributed by atoms with Crippen LogP contribution in [0.25, 0.3) is 0 Å². The van der Waals surface area contributed by atoms with Crippen LogP contribution in [0.5, 0.6) is 0 Å². The predicted octanol–water partition coefficient (Wildman–Crippen LogP) is 5.77. The van der Waals surface area contributed by atoms with Crippen LogP contribution in [0.1, 0.15) is 29.9 Å². The lowest BCUT2D eigenvalue weighted by atomic mass is 9.75. The first-order valence-electron chi connectivity index (χ1n) is 6.90. The maximum atomic E-state index is 6.23. The Labute approximate surface area is 133 Å². The number of hydrogen-bond acceptors (Lipinski definition) is 1. The van der Waals surface area contributed by atoms with E-state index in [-0.39, 0.29) is 0 Å². The summed E-state index contributed by atoms with van der Waals surface area (Å²) in [6.45, 7) is 2.13. The van der Waals surface area contributed by atoms with Crippen LogP contribution in [0.3, 0.4) is 0 Å². The highest BCUT2D eigenvalue weighted by molar-refractivity contribution is 9.10. The molecule has 1 N–H and O–H groups in total. The molecule has 3 rings (SSSR count). The van der Waals surface area contributed by atoms with Crippen molar-refractivity contribution in [3.8, 4) is 0 Å². The van der Waals surface area contributed by atoms with Gasteiger partial charge < -0.3 is 5.32 Å². The molecule has 0 atom stereocenters. The zero-order chi connectivity index (χ0) is 14.1. The van der Waals surface area contributed by atoms with Crippen LogP contribution in [0.15, 0.2) is 46.9 Å². The summed E-state index contributed by atoms with van der Waals surface area (Å²) in [5.41, 5.74) is 3.81. The van der Waals surface area contributed by atoms with Gasteiger partial charge in [0.05, 0.1) is 10.7 Å². The molecule has 2 aromatic carbocycles. The Kier molecular flexibility index (Phi) is 4.04. The Balaban J connectivity index is 1.59. The molecule has 0 bridgehead atoms. The number of aryl methyl sites for hydroxylation is 1. The van der Waals surface area contributed by atoms with Crippen LogP contribution in [0.4, 0.5) is 5.69 Å². The van der Waals surface area contributed by atoms with Crippen molar-refractivity contribution in [2.75, 3.05) is 5.32 Å². The summed E-state index contributed by atoms with van der Waals surface area (Å²) in [4.78, 5) is 0. The molecule has 1 aliphatic rings. The molecule has 0 saturated heterocycles. The lowest BCUT2D eigenvalue weighted by Crippen LogP contribution is -2.34. The minimum absolute atomic E-state index is 0.528. The van der Waals surface area contributed by atoms with Gasteiger partial charge in [-0.05, 0) is 49.4 Å². The molecule has 20 heavy (non-hydrogen) atoms. The maximum Gasteiger partial charge on any atom is 0.0648 e. The summed E-state index contributed by atoms with van der Waals surface area (Å²) < 4.78 is 1.01. The third kappa shape index (κ3) is 3.02. The van der Waals surface area contributed by atoms with Gasteiger partial charge in [0, 0.05) is 10.5 Å². The monoisotopic (exact) mass is 349 g/mol. The van der Waals surface area contributed by atoms with E-state index in [1.54, 1.807) is 0 Å². The zero-order valence-corrected chi connectivity index (χ0v) is 13.7. The van der Waals surface area contributed by atoms with Gasteiger partial charge in [-0.25, -0.2) is 0 Å². The molecular formula is C17H17BrClN. The van der Waals surface area contributed by atoms with Crippen LogP contribution in [-0.4, -0.2) is 6.04 Å². The first kappa shape index (κ1) is 14.0. The Hall–Kier alpha value is -0.990. The summed E-state index contributed by atoms with van der Waals surface area (Å²) in [7, 11) is 0. The fourth-order valence-corrected chi connectivity index (χ4v) is 3.40. The molecule has 1 fully saturated rings. The van der Waals surface area contributed by atoms with Crippen molar-refractivity contribution in [2.45, 2.75) is 31.7 Å². The normalized spacial score (nSPS) is 21.4. The van der Waals surface area contributed by atoms with E-state index < -0.39 is 0 Å².